The summed E-state index contributed by atoms with van der Waals surface area (Å²) in [5.41, 5.74) is -1.10. The Morgan fingerprint density at radius 2 is 1.66 bits per heavy atom. The zero-order chi connectivity index (χ0) is 26.6. The number of carbonyl (C=O) groups excluding carboxylic acids is 2. The lowest BCUT2D eigenvalue weighted by Crippen LogP contribution is -2.51. The monoisotopic (exact) mass is 553 g/mol. The minimum atomic E-state index is -4.72. The molecule has 2 aromatic carbocycles. The number of sulfonamides is 1. The van der Waals surface area contributed by atoms with Crippen LogP contribution in [-0.4, -0.2) is 50.5 Å². The highest BCUT2D eigenvalue weighted by atomic mass is 35.5. The second kappa shape index (κ2) is 11.5. The molecule has 0 spiro atoms. The molecule has 0 bridgehead atoms. The fraction of sp³-hybridized carbons (Fsp3) is 0.364. The van der Waals surface area contributed by atoms with Gasteiger partial charge < -0.3 is 10.2 Å². The van der Waals surface area contributed by atoms with Crippen molar-refractivity contribution in [1.82, 2.24) is 10.2 Å². The zero-order valence-electron chi connectivity index (χ0n) is 19.1. The minimum absolute atomic E-state index is 0.219. The smallest absolute Gasteiger partial charge is 0.355 e. The number of amides is 2. The molecule has 2 aromatic rings. The number of benzene rings is 2. The molecule has 0 aliphatic rings. The highest BCUT2D eigenvalue weighted by Gasteiger charge is 2.33. The molecule has 1 N–H and O–H groups in total. The molecule has 0 heterocycles. The molecule has 1 unspecified atom stereocenters. The predicted molar refractivity (Wildman–Crippen MR) is 129 cm³/mol. The largest absolute Gasteiger partial charge is 0.416 e. The molecule has 0 aromatic heterocycles. The molecule has 2 amide bonds. The number of alkyl halides is 3. The zero-order valence-corrected chi connectivity index (χ0v) is 21.4. The second-order valence-corrected chi connectivity index (χ2v) is 10.3. The number of hydrogen-bond acceptors (Lipinski definition) is 4. The molecule has 0 saturated heterocycles. The van der Waals surface area contributed by atoms with Crippen LogP contribution in [0, 0.1) is 0 Å². The Morgan fingerprint density at radius 3 is 2.17 bits per heavy atom. The number of likely N-dealkylation sites (N-methyl/N-ethyl adjacent to an activating group) is 1. The fourth-order valence-corrected chi connectivity index (χ4v) is 4.57. The van der Waals surface area contributed by atoms with Gasteiger partial charge in [0.2, 0.25) is 21.8 Å². The molecule has 0 radical (unpaired) electrons. The van der Waals surface area contributed by atoms with Crippen LogP contribution in [0.1, 0.15) is 25.0 Å². The summed E-state index contributed by atoms with van der Waals surface area (Å²) >= 11 is 12.4. The van der Waals surface area contributed by atoms with Crippen LogP contribution in [0.15, 0.2) is 42.5 Å². The average molecular weight is 554 g/mol. The molecule has 35 heavy (non-hydrogen) atoms. The molecular weight excluding hydrogens is 530 g/mol. The van der Waals surface area contributed by atoms with Gasteiger partial charge in [0.1, 0.15) is 12.6 Å². The number of rotatable bonds is 9. The van der Waals surface area contributed by atoms with Crippen molar-refractivity contribution in [2.75, 3.05) is 23.7 Å². The summed E-state index contributed by atoms with van der Waals surface area (Å²) in [5.74, 6) is -1.36. The Labute approximate surface area is 211 Å². The van der Waals surface area contributed by atoms with Crippen LogP contribution in [0.5, 0.6) is 0 Å². The van der Waals surface area contributed by atoms with E-state index < -0.39 is 46.2 Å². The summed E-state index contributed by atoms with van der Waals surface area (Å²) in [4.78, 5) is 27.0. The van der Waals surface area contributed by atoms with Gasteiger partial charge in [0.25, 0.3) is 0 Å². The second-order valence-electron chi connectivity index (χ2n) is 7.61. The van der Waals surface area contributed by atoms with Crippen molar-refractivity contribution in [3.63, 3.8) is 0 Å². The van der Waals surface area contributed by atoms with Gasteiger partial charge >= 0.3 is 6.18 Å². The standard InChI is InChI=1S/C22H24Cl2F3N3O4S/c1-4-28-21(32)14(2)29(12-17-18(23)9-6-10-19(17)24)20(31)13-30(35(3,33)34)16-8-5-7-15(11-16)22(25,26)27/h5-11,14H,4,12-13H2,1-3H3,(H,28,32). The van der Waals surface area contributed by atoms with Gasteiger partial charge in [-0.25, -0.2) is 8.42 Å². The topological polar surface area (TPSA) is 86.8 Å². The highest BCUT2D eigenvalue weighted by molar-refractivity contribution is 7.92. The third-order valence-corrected chi connectivity index (χ3v) is 6.90. The van der Waals surface area contributed by atoms with Gasteiger partial charge in [-0.1, -0.05) is 35.3 Å². The van der Waals surface area contributed by atoms with Crippen LogP contribution in [0.2, 0.25) is 10.0 Å². The molecule has 2 rings (SSSR count). The van der Waals surface area contributed by atoms with Crippen LogP contribution in [0.3, 0.4) is 0 Å². The molecule has 0 aliphatic carbocycles. The van der Waals surface area contributed by atoms with Crippen LogP contribution >= 0.6 is 23.2 Å². The molecule has 0 fully saturated rings. The lowest BCUT2D eigenvalue weighted by atomic mass is 10.1. The van der Waals surface area contributed by atoms with Gasteiger partial charge in [-0.3, -0.25) is 13.9 Å². The summed E-state index contributed by atoms with van der Waals surface area (Å²) in [5, 5.41) is 3.02. The first kappa shape index (κ1) is 28.7. The molecule has 0 saturated carbocycles. The van der Waals surface area contributed by atoms with Gasteiger partial charge in [-0.2, -0.15) is 13.2 Å². The molecule has 7 nitrogen and oxygen atoms in total. The summed E-state index contributed by atoms with van der Waals surface area (Å²) in [6.07, 6.45) is -3.95. The molecular formula is C22H24Cl2F3N3O4S. The van der Waals surface area contributed by atoms with E-state index in [2.05, 4.69) is 5.32 Å². The average Bonchev–Trinajstić information content (AvgIpc) is 2.75. The van der Waals surface area contributed by atoms with E-state index in [1.54, 1.807) is 13.0 Å². The number of nitrogens with zero attached hydrogens (tertiary/aromatic N) is 2. The van der Waals surface area contributed by atoms with E-state index >= 15 is 0 Å². The number of hydrogen-bond donors (Lipinski definition) is 1. The first-order valence-corrected chi connectivity index (χ1v) is 12.9. The van der Waals surface area contributed by atoms with E-state index in [1.165, 1.54) is 19.1 Å². The van der Waals surface area contributed by atoms with Crippen LogP contribution < -0.4 is 9.62 Å². The summed E-state index contributed by atoms with van der Waals surface area (Å²) in [6, 6.07) is 7.20. The van der Waals surface area contributed by atoms with E-state index in [1.807, 2.05) is 0 Å². The molecule has 0 aliphatic heterocycles. The Bertz CT molecular complexity index is 1170. The van der Waals surface area contributed by atoms with Crippen LogP contribution in [-0.2, 0) is 32.3 Å². The van der Waals surface area contributed by atoms with E-state index in [-0.39, 0.29) is 28.8 Å². The van der Waals surface area contributed by atoms with E-state index in [0.717, 1.165) is 29.4 Å². The lowest BCUT2D eigenvalue weighted by Gasteiger charge is -2.32. The van der Waals surface area contributed by atoms with Crippen molar-refractivity contribution in [3.05, 3.63) is 63.6 Å². The van der Waals surface area contributed by atoms with Crippen LogP contribution in [0.4, 0.5) is 18.9 Å². The third kappa shape index (κ3) is 7.49. The Balaban J connectivity index is 2.49. The van der Waals surface area contributed by atoms with Crippen molar-refractivity contribution in [1.29, 1.82) is 0 Å². The van der Waals surface area contributed by atoms with Gasteiger partial charge in [-0.05, 0) is 44.2 Å². The van der Waals surface area contributed by atoms with Crippen molar-refractivity contribution >= 4 is 50.7 Å². The summed E-state index contributed by atoms with van der Waals surface area (Å²) in [6.45, 7) is 2.29. The number of halogens is 5. The Hall–Kier alpha value is -2.50. The lowest BCUT2D eigenvalue weighted by molar-refractivity contribution is -0.139. The van der Waals surface area contributed by atoms with Crippen molar-refractivity contribution in [2.24, 2.45) is 0 Å². The molecule has 1 atom stereocenters. The van der Waals surface area contributed by atoms with Crippen molar-refractivity contribution < 1.29 is 31.2 Å². The number of nitrogens with one attached hydrogen (secondary N) is 1. The maximum Gasteiger partial charge on any atom is 0.416 e. The van der Waals surface area contributed by atoms with Gasteiger partial charge in [0.15, 0.2) is 0 Å². The maximum absolute atomic E-state index is 13.4. The normalized spacial score (nSPS) is 12.7. The van der Waals surface area contributed by atoms with Crippen molar-refractivity contribution in [2.45, 2.75) is 32.6 Å². The molecule has 13 heteroatoms. The predicted octanol–water partition coefficient (Wildman–Crippen LogP) is 4.33. The SMILES string of the molecule is CCNC(=O)C(C)N(Cc1c(Cl)cccc1Cl)C(=O)CN(c1cccc(C(F)(F)F)c1)S(C)(=O)=O. The number of carbonyl (C=O) groups is 2. The highest BCUT2D eigenvalue weighted by Crippen LogP contribution is 2.32. The van der Waals surface area contributed by atoms with Crippen LogP contribution in [0.25, 0.3) is 0 Å². The maximum atomic E-state index is 13.4. The number of anilines is 1. The quantitative estimate of drug-likeness (QED) is 0.500. The van der Waals surface area contributed by atoms with E-state index in [9.17, 15) is 31.2 Å². The first-order valence-electron chi connectivity index (χ1n) is 10.3. The summed E-state index contributed by atoms with van der Waals surface area (Å²) in [7, 11) is -4.19. The third-order valence-electron chi connectivity index (χ3n) is 5.05. The van der Waals surface area contributed by atoms with E-state index in [0.29, 0.717) is 15.9 Å². The Kier molecular flexibility index (Phi) is 9.43. The van der Waals surface area contributed by atoms with Crippen molar-refractivity contribution in [3.8, 4) is 0 Å². The summed E-state index contributed by atoms with van der Waals surface area (Å²) < 4.78 is 65.1. The first-order chi connectivity index (χ1) is 16.2. The van der Waals surface area contributed by atoms with Gasteiger partial charge in [0.05, 0.1) is 17.5 Å². The van der Waals surface area contributed by atoms with Gasteiger partial charge in [0, 0.05) is 28.7 Å². The minimum Gasteiger partial charge on any atom is -0.355 e. The molecule has 192 valence electrons. The Morgan fingerprint density at radius 1 is 1.09 bits per heavy atom. The van der Waals surface area contributed by atoms with Gasteiger partial charge in [-0.15, -0.1) is 0 Å². The fourth-order valence-electron chi connectivity index (χ4n) is 3.21. The van der Waals surface area contributed by atoms with E-state index in [4.69, 9.17) is 23.2 Å².